The molecule has 1 heterocycles. The molecule has 0 aromatic carbocycles. The van der Waals surface area contributed by atoms with Crippen LogP contribution in [0, 0.1) is 0 Å². The van der Waals surface area contributed by atoms with Crippen LogP contribution in [0.4, 0.5) is 0 Å². The summed E-state index contributed by atoms with van der Waals surface area (Å²) in [6.45, 7) is 8.85. The average molecular weight is 246 g/mol. The van der Waals surface area contributed by atoms with Crippen molar-refractivity contribution >= 4 is 5.97 Å². The lowest BCUT2D eigenvalue weighted by atomic mass is 10.1. The maximum atomic E-state index is 11.6. The lowest BCUT2D eigenvalue weighted by molar-refractivity contribution is -0.341. The minimum absolute atomic E-state index is 0.126. The summed E-state index contributed by atoms with van der Waals surface area (Å²) >= 11 is 0. The lowest BCUT2D eigenvalue weighted by Gasteiger charge is -2.38. The van der Waals surface area contributed by atoms with Gasteiger partial charge >= 0.3 is 5.97 Å². The van der Waals surface area contributed by atoms with Crippen molar-refractivity contribution in [1.29, 1.82) is 0 Å². The molecule has 0 spiro atoms. The van der Waals surface area contributed by atoms with E-state index in [1.807, 2.05) is 20.8 Å². The topological polar surface area (TPSA) is 65.0 Å². The van der Waals surface area contributed by atoms with E-state index in [0.29, 0.717) is 0 Å². The van der Waals surface area contributed by atoms with Crippen LogP contribution in [-0.2, 0) is 19.0 Å². The standard InChI is InChI=1S/C12H22O5/c1-11(2,3)16-9(13)6-8-7-10(14)17-12(4,5)15-8/h8,10,14H,6-7H2,1-5H3/t8-,10-/m0/s1. The Kier molecular flexibility index (Phi) is 4.17. The van der Waals surface area contributed by atoms with Crippen molar-refractivity contribution in [2.24, 2.45) is 0 Å². The molecule has 100 valence electrons. The molecule has 17 heavy (non-hydrogen) atoms. The highest BCUT2D eigenvalue weighted by molar-refractivity contribution is 5.70. The number of esters is 1. The predicted molar refractivity (Wildman–Crippen MR) is 61.1 cm³/mol. The zero-order chi connectivity index (χ0) is 13.3. The number of carbonyl (C=O) groups excluding carboxylic acids is 1. The molecule has 0 aromatic rings. The Morgan fingerprint density at radius 1 is 1.41 bits per heavy atom. The zero-order valence-electron chi connectivity index (χ0n) is 11.1. The highest BCUT2D eigenvalue weighted by Gasteiger charge is 2.36. The monoisotopic (exact) mass is 246 g/mol. The van der Waals surface area contributed by atoms with Gasteiger partial charge in [0, 0.05) is 6.42 Å². The van der Waals surface area contributed by atoms with Gasteiger partial charge in [0.1, 0.15) is 5.60 Å². The van der Waals surface area contributed by atoms with Gasteiger partial charge < -0.3 is 19.3 Å². The summed E-state index contributed by atoms with van der Waals surface area (Å²) in [5.41, 5.74) is -0.504. The van der Waals surface area contributed by atoms with Crippen LogP contribution < -0.4 is 0 Å². The maximum Gasteiger partial charge on any atom is 0.308 e. The second-order valence-electron chi connectivity index (χ2n) is 5.74. The zero-order valence-corrected chi connectivity index (χ0v) is 11.1. The van der Waals surface area contributed by atoms with Crippen LogP contribution in [0.15, 0.2) is 0 Å². The second kappa shape index (κ2) is 4.92. The molecule has 1 fully saturated rings. The first-order valence-corrected chi connectivity index (χ1v) is 5.83. The highest BCUT2D eigenvalue weighted by Crippen LogP contribution is 2.27. The van der Waals surface area contributed by atoms with E-state index in [1.54, 1.807) is 13.8 Å². The van der Waals surface area contributed by atoms with Gasteiger partial charge in [-0.05, 0) is 34.6 Å². The van der Waals surface area contributed by atoms with Crippen molar-refractivity contribution in [2.75, 3.05) is 0 Å². The van der Waals surface area contributed by atoms with Gasteiger partial charge in [0.15, 0.2) is 12.1 Å². The van der Waals surface area contributed by atoms with E-state index >= 15 is 0 Å². The highest BCUT2D eigenvalue weighted by atomic mass is 16.8. The largest absolute Gasteiger partial charge is 0.460 e. The minimum atomic E-state index is -0.897. The van der Waals surface area contributed by atoms with Crippen LogP contribution in [-0.4, -0.2) is 34.9 Å². The molecule has 0 bridgehead atoms. The summed E-state index contributed by atoms with van der Waals surface area (Å²) in [7, 11) is 0. The number of hydrogen-bond donors (Lipinski definition) is 1. The number of aliphatic hydroxyl groups excluding tert-OH is 1. The Morgan fingerprint density at radius 3 is 2.47 bits per heavy atom. The van der Waals surface area contributed by atoms with Gasteiger partial charge in [-0.25, -0.2) is 0 Å². The van der Waals surface area contributed by atoms with Crippen LogP contribution >= 0.6 is 0 Å². The first-order valence-electron chi connectivity index (χ1n) is 5.83. The molecule has 5 nitrogen and oxygen atoms in total. The van der Waals surface area contributed by atoms with Crippen LogP contribution in [0.2, 0.25) is 0 Å². The number of ether oxygens (including phenoxy) is 3. The van der Waals surface area contributed by atoms with Crippen molar-refractivity contribution in [1.82, 2.24) is 0 Å². The normalized spacial score (nSPS) is 28.8. The predicted octanol–water partition coefficient (Wildman–Crippen LogP) is 1.58. The van der Waals surface area contributed by atoms with E-state index in [-0.39, 0.29) is 24.9 Å². The molecule has 2 atom stereocenters. The Bertz CT molecular complexity index is 279. The summed E-state index contributed by atoms with van der Waals surface area (Å²) in [4.78, 5) is 11.6. The molecule has 0 unspecified atom stereocenters. The van der Waals surface area contributed by atoms with Crippen molar-refractivity contribution in [3.63, 3.8) is 0 Å². The molecule has 0 aromatic heterocycles. The lowest BCUT2D eigenvalue weighted by Crippen LogP contribution is -2.45. The molecular formula is C12H22O5. The molecule has 0 aliphatic carbocycles. The van der Waals surface area contributed by atoms with Crippen molar-refractivity contribution in [3.05, 3.63) is 0 Å². The fourth-order valence-corrected chi connectivity index (χ4v) is 1.77. The van der Waals surface area contributed by atoms with Gasteiger partial charge in [0.25, 0.3) is 0 Å². The van der Waals surface area contributed by atoms with Gasteiger partial charge in [-0.1, -0.05) is 0 Å². The SMILES string of the molecule is CC(C)(C)OC(=O)C[C@H]1C[C@@H](O)OC(C)(C)O1. The smallest absolute Gasteiger partial charge is 0.308 e. The minimum Gasteiger partial charge on any atom is -0.460 e. The summed E-state index contributed by atoms with van der Waals surface area (Å²) in [6.07, 6.45) is -0.862. The summed E-state index contributed by atoms with van der Waals surface area (Å²) in [6, 6.07) is 0. The molecule has 1 saturated heterocycles. The Labute approximate surface area is 102 Å². The van der Waals surface area contributed by atoms with Crippen LogP contribution in [0.5, 0.6) is 0 Å². The summed E-state index contributed by atoms with van der Waals surface area (Å²) in [5, 5.41) is 9.51. The van der Waals surface area contributed by atoms with Gasteiger partial charge in [-0.15, -0.1) is 0 Å². The van der Waals surface area contributed by atoms with E-state index in [9.17, 15) is 9.90 Å². The van der Waals surface area contributed by atoms with Crippen LogP contribution in [0.25, 0.3) is 0 Å². The van der Waals surface area contributed by atoms with Crippen LogP contribution in [0.1, 0.15) is 47.5 Å². The molecule has 1 aliphatic heterocycles. The third-order valence-electron chi connectivity index (χ3n) is 2.15. The quantitative estimate of drug-likeness (QED) is 0.749. The third-order valence-corrected chi connectivity index (χ3v) is 2.15. The molecule has 5 heteroatoms. The number of hydrogen-bond acceptors (Lipinski definition) is 5. The molecule has 1 rings (SSSR count). The summed E-state index contributed by atoms with van der Waals surface area (Å²) < 4.78 is 15.9. The van der Waals surface area contributed by atoms with Crippen molar-refractivity contribution < 1.29 is 24.1 Å². The van der Waals surface area contributed by atoms with E-state index < -0.39 is 17.7 Å². The average Bonchev–Trinajstić information content (AvgIpc) is 1.93. The van der Waals surface area contributed by atoms with Crippen molar-refractivity contribution in [3.8, 4) is 0 Å². The fraction of sp³-hybridized carbons (Fsp3) is 0.917. The fourth-order valence-electron chi connectivity index (χ4n) is 1.77. The third kappa shape index (κ3) is 5.48. The molecule has 1 aliphatic rings. The van der Waals surface area contributed by atoms with E-state index in [2.05, 4.69) is 0 Å². The molecule has 0 saturated carbocycles. The number of aliphatic hydroxyl groups is 1. The van der Waals surface area contributed by atoms with E-state index in [0.717, 1.165) is 0 Å². The van der Waals surface area contributed by atoms with Gasteiger partial charge in [-0.3, -0.25) is 4.79 Å². The molecular weight excluding hydrogens is 224 g/mol. The molecule has 0 radical (unpaired) electrons. The Morgan fingerprint density at radius 2 is 2.00 bits per heavy atom. The van der Waals surface area contributed by atoms with Crippen molar-refractivity contribution in [2.45, 2.75) is 71.2 Å². The van der Waals surface area contributed by atoms with E-state index in [4.69, 9.17) is 14.2 Å². The van der Waals surface area contributed by atoms with Crippen LogP contribution in [0.3, 0.4) is 0 Å². The van der Waals surface area contributed by atoms with E-state index in [1.165, 1.54) is 0 Å². The summed E-state index contributed by atoms with van der Waals surface area (Å²) in [5.74, 6) is -1.20. The first kappa shape index (κ1) is 14.4. The van der Waals surface area contributed by atoms with Gasteiger partial charge in [0.2, 0.25) is 0 Å². The first-order chi connectivity index (χ1) is 7.57. The number of carbonyl (C=O) groups is 1. The van der Waals surface area contributed by atoms with Gasteiger partial charge in [0.05, 0.1) is 12.5 Å². The number of rotatable bonds is 2. The maximum absolute atomic E-state index is 11.6. The Balaban J connectivity index is 2.49. The second-order valence-corrected chi connectivity index (χ2v) is 5.74. The Hall–Kier alpha value is -0.650. The van der Waals surface area contributed by atoms with Gasteiger partial charge in [-0.2, -0.15) is 0 Å². The molecule has 0 amide bonds. The molecule has 1 N–H and O–H groups in total.